The molecular weight excluding hydrogens is 273 g/mol. The van der Waals surface area contributed by atoms with Crippen LogP contribution in [0.3, 0.4) is 0 Å². The number of hydrogen-bond donors (Lipinski definition) is 0. The second-order valence-corrected chi connectivity index (χ2v) is 7.67. The first-order chi connectivity index (χ1) is 10.4. The van der Waals surface area contributed by atoms with Crippen molar-refractivity contribution in [3.8, 4) is 0 Å². The fraction of sp³-hybridized carbons (Fsp3) is 0.667. The molecule has 3 nitrogen and oxygen atoms in total. The first-order valence-corrected chi connectivity index (χ1v) is 8.54. The minimum absolute atomic E-state index is 0.258. The molecule has 0 aliphatic carbocycles. The molecule has 0 unspecified atom stereocenters. The highest BCUT2D eigenvalue weighted by atomic mass is 16.7. The Labute approximate surface area is 135 Å². The molecule has 0 saturated carbocycles. The zero-order valence-corrected chi connectivity index (χ0v) is 14.4. The van der Waals surface area contributed by atoms with E-state index in [1.807, 2.05) is 0 Å². The van der Waals surface area contributed by atoms with Gasteiger partial charge >= 0.3 is 7.12 Å². The van der Waals surface area contributed by atoms with Crippen LogP contribution in [0.25, 0.3) is 0 Å². The predicted molar refractivity (Wildman–Crippen MR) is 91.3 cm³/mol. The van der Waals surface area contributed by atoms with Crippen LogP contribution in [-0.4, -0.2) is 36.3 Å². The van der Waals surface area contributed by atoms with Crippen molar-refractivity contribution in [2.24, 2.45) is 0 Å². The zero-order chi connectivity index (χ0) is 15.8. The van der Waals surface area contributed by atoms with Crippen molar-refractivity contribution in [2.45, 2.75) is 64.7 Å². The van der Waals surface area contributed by atoms with Crippen molar-refractivity contribution in [3.63, 3.8) is 0 Å². The molecule has 0 radical (unpaired) electrons. The molecule has 2 heterocycles. The van der Waals surface area contributed by atoms with Gasteiger partial charge in [0.15, 0.2) is 0 Å². The first-order valence-electron chi connectivity index (χ1n) is 8.54. The molecule has 1 aromatic carbocycles. The van der Waals surface area contributed by atoms with Crippen molar-refractivity contribution in [1.82, 2.24) is 4.90 Å². The molecule has 0 spiro atoms. The van der Waals surface area contributed by atoms with Gasteiger partial charge in [0.05, 0.1) is 11.2 Å². The van der Waals surface area contributed by atoms with E-state index in [1.54, 1.807) is 0 Å². The molecular formula is C18H28BNO2. The summed E-state index contributed by atoms with van der Waals surface area (Å²) in [7, 11) is -0.258. The Morgan fingerprint density at radius 3 is 2.27 bits per heavy atom. The van der Waals surface area contributed by atoms with Crippen molar-refractivity contribution in [3.05, 3.63) is 29.8 Å². The topological polar surface area (TPSA) is 21.7 Å². The van der Waals surface area contributed by atoms with Crippen LogP contribution in [0.1, 0.15) is 52.5 Å². The van der Waals surface area contributed by atoms with Gasteiger partial charge in [-0.1, -0.05) is 30.7 Å². The van der Waals surface area contributed by atoms with Crippen molar-refractivity contribution in [2.75, 3.05) is 13.1 Å². The van der Waals surface area contributed by atoms with Gasteiger partial charge < -0.3 is 9.31 Å². The quantitative estimate of drug-likeness (QED) is 0.801. The molecule has 4 heteroatoms. The monoisotopic (exact) mass is 301 g/mol. The predicted octanol–water partition coefficient (Wildman–Crippen LogP) is 2.97. The lowest BCUT2D eigenvalue weighted by Crippen LogP contribution is -2.41. The van der Waals surface area contributed by atoms with Crippen molar-refractivity contribution >= 4 is 12.6 Å². The highest BCUT2D eigenvalue weighted by Gasteiger charge is 2.51. The van der Waals surface area contributed by atoms with E-state index in [1.165, 1.54) is 37.9 Å². The number of piperidine rings is 1. The van der Waals surface area contributed by atoms with Crippen molar-refractivity contribution in [1.29, 1.82) is 0 Å². The van der Waals surface area contributed by atoms with E-state index in [0.29, 0.717) is 0 Å². The third-order valence-electron chi connectivity index (χ3n) is 5.33. The summed E-state index contributed by atoms with van der Waals surface area (Å²) in [5.74, 6) is 0. The maximum atomic E-state index is 6.16. The van der Waals surface area contributed by atoms with Gasteiger partial charge in [-0.15, -0.1) is 0 Å². The minimum Gasteiger partial charge on any atom is -0.399 e. The maximum Gasteiger partial charge on any atom is 0.494 e. The molecule has 0 atom stereocenters. The molecule has 120 valence electrons. The van der Waals surface area contributed by atoms with Crippen LogP contribution in [-0.2, 0) is 15.9 Å². The highest BCUT2D eigenvalue weighted by molar-refractivity contribution is 6.62. The Balaban J connectivity index is 1.72. The third-order valence-corrected chi connectivity index (χ3v) is 5.33. The number of benzene rings is 1. The molecule has 2 aliphatic rings. The number of hydrogen-bond acceptors (Lipinski definition) is 3. The second-order valence-electron chi connectivity index (χ2n) is 7.67. The Bertz CT molecular complexity index is 508. The molecule has 0 amide bonds. The van der Waals surface area contributed by atoms with E-state index in [2.05, 4.69) is 56.9 Å². The lowest BCUT2D eigenvalue weighted by atomic mass is 9.78. The smallest absolute Gasteiger partial charge is 0.399 e. The lowest BCUT2D eigenvalue weighted by molar-refractivity contribution is 0.00578. The summed E-state index contributed by atoms with van der Waals surface area (Å²) < 4.78 is 12.3. The summed E-state index contributed by atoms with van der Waals surface area (Å²) in [6.07, 6.45) is 4.04. The SMILES string of the molecule is CC1(C)OB(c2cccc(CN3CCCCC3)c2)OC1(C)C. The Morgan fingerprint density at radius 1 is 1.00 bits per heavy atom. The van der Waals surface area contributed by atoms with Gasteiger partial charge in [0, 0.05) is 6.54 Å². The Kier molecular flexibility index (Phi) is 4.37. The summed E-state index contributed by atoms with van der Waals surface area (Å²) >= 11 is 0. The molecule has 1 aromatic rings. The van der Waals surface area contributed by atoms with Crippen LogP contribution < -0.4 is 5.46 Å². The number of rotatable bonds is 3. The summed E-state index contributed by atoms with van der Waals surface area (Å²) in [6.45, 7) is 11.9. The molecule has 0 N–H and O–H groups in total. The average molecular weight is 301 g/mol. The highest BCUT2D eigenvalue weighted by Crippen LogP contribution is 2.36. The van der Waals surface area contributed by atoms with Gasteiger partial charge in [-0.05, 0) is 64.7 Å². The lowest BCUT2D eigenvalue weighted by Gasteiger charge is -2.32. The van der Waals surface area contributed by atoms with Crippen LogP contribution in [0.15, 0.2) is 24.3 Å². The van der Waals surface area contributed by atoms with Gasteiger partial charge in [-0.3, -0.25) is 4.90 Å². The van der Waals surface area contributed by atoms with Gasteiger partial charge in [-0.2, -0.15) is 0 Å². The number of nitrogens with zero attached hydrogens (tertiary/aromatic N) is 1. The van der Waals surface area contributed by atoms with E-state index < -0.39 is 0 Å². The standard InChI is InChI=1S/C18H28BNO2/c1-17(2)18(3,4)22-19(21-17)16-10-8-9-15(13-16)14-20-11-6-5-7-12-20/h8-10,13H,5-7,11-12,14H2,1-4H3. The molecule has 2 aliphatic heterocycles. The number of likely N-dealkylation sites (tertiary alicyclic amines) is 1. The van der Waals surface area contributed by atoms with Gasteiger partial charge in [0.25, 0.3) is 0 Å². The summed E-state index contributed by atoms with van der Waals surface area (Å²) in [6, 6.07) is 8.70. The van der Waals surface area contributed by atoms with E-state index in [4.69, 9.17) is 9.31 Å². The van der Waals surface area contributed by atoms with Crippen LogP contribution >= 0.6 is 0 Å². The van der Waals surface area contributed by atoms with Gasteiger partial charge in [0.2, 0.25) is 0 Å². The van der Waals surface area contributed by atoms with E-state index in [9.17, 15) is 0 Å². The molecule has 3 rings (SSSR count). The molecule has 22 heavy (non-hydrogen) atoms. The summed E-state index contributed by atoms with van der Waals surface area (Å²) in [5, 5.41) is 0. The minimum atomic E-state index is -0.277. The fourth-order valence-corrected chi connectivity index (χ4v) is 3.19. The van der Waals surface area contributed by atoms with Crippen molar-refractivity contribution < 1.29 is 9.31 Å². The zero-order valence-electron chi connectivity index (χ0n) is 14.4. The van der Waals surface area contributed by atoms with Gasteiger partial charge in [-0.25, -0.2) is 0 Å². The molecule has 0 bridgehead atoms. The Morgan fingerprint density at radius 2 is 1.64 bits per heavy atom. The first kappa shape index (κ1) is 16.0. The fourth-order valence-electron chi connectivity index (χ4n) is 3.19. The van der Waals surface area contributed by atoms with Gasteiger partial charge in [0.1, 0.15) is 0 Å². The van der Waals surface area contributed by atoms with E-state index >= 15 is 0 Å². The largest absolute Gasteiger partial charge is 0.494 e. The summed E-state index contributed by atoms with van der Waals surface area (Å²) in [4.78, 5) is 2.55. The van der Waals surface area contributed by atoms with Crippen LogP contribution in [0.2, 0.25) is 0 Å². The van der Waals surface area contributed by atoms with E-state index in [0.717, 1.165) is 12.0 Å². The van der Waals surface area contributed by atoms with Crippen LogP contribution in [0.4, 0.5) is 0 Å². The molecule has 2 saturated heterocycles. The van der Waals surface area contributed by atoms with Crippen LogP contribution in [0.5, 0.6) is 0 Å². The van der Waals surface area contributed by atoms with Crippen LogP contribution in [0, 0.1) is 0 Å². The summed E-state index contributed by atoms with van der Waals surface area (Å²) in [5.41, 5.74) is 1.93. The normalized spacial score (nSPS) is 24.6. The second kappa shape index (κ2) is 5.99. The van der Waals surface area contributed by atoms with E-state index in [-0.39, 0.29) is 18.3 Å². The average Bonchev–Trinajstić information content (AvgIpc) is 2.69. The third kappa shape index (κ3) is 3.24. The molecule has 2 fully saturated rings. The molecule has 0 aromatic heterocycles. The maximum absolute atomic E-state index is 6.16. The Hall–Kier alpha value is -0.835.